The van der Waals surface area contributed by atoms with E-state index in [1.807, 2.05) is 20.8 Å². The molecule has 17 heavy (non-hydrogen) atoms. The zero-order valence-corrected chi connectivity index (χ0v) is 10.1. The molecule has 92 valence electrons. The van der Waals surface area contributed by atoms with E-state index in [0.29, 0.717) is 5.56 Å². The van der Waals surface area contributed by atoms with E-state index >= 15 is 0 Å². The molecule has 0 spiro atoms. The number of hydrogen-bond acceptors (Lipinski definition) is 2. The van der Waals surface area contributed by atoms with Crippen LogP contribution < -0.4 is 0 Å². The molecule has 1 unspecified atom stereocenters. The van der Waals surface area contributed by atoms with E-state index in [-0.39, 0.29) is 5.56 Å². The highest BCUT2D eigenvalue weighted by Crippen LogP contribution is 2.35. The SMILES string of the molecule is CC(C)(C)C(C(=O)O)c1ccc(C(=O)O)cc1. The lowest BCUT2D eigenvalue weighted by molar-refractivity contribution is -0.141. The fourth-order valence-corrected chi connectivity index (χ4v) is 1.83. The Balaban J connectivity index is 3.13. The summed E-state index contributed by atoms with van der Waals surface area (Å²) in [5.41, 5.74) is 0.359. The number of benzene rings is 1. The third-order valence-electron chi connectivity index (χ3n) is 2.60. The molecule has 0 bridgehead atoms. The second kappa shape index (κ2) is 4.57. The molecular weight excluding hydrogens is 220 g/mol. The van der Waals surface area contributed by atoms with Crippen molar-refractivity contribution >= 4 is 11.9 Å². The van der Waals surface area contributed by atoms with Gasteiger partial charge in [-0.1, -0.05) is 32.9 Å². The molecule has 0 fully saturated rings. The molecule has 0 amide bonds. The van der Waals surface area contributed by atoms with Gasteiger partial charge in [0.25, 0.3) is 0 Å². The number of carbonyl (C=O) groups is 2. The lowest BCUT2D eigenvalue weighted by Gasteiger charge is -2.27. The second-order valence-electron chi connectivity index (χ2n) is 5.06. The fourth-order valence-electron chi connectivity index (χ4n) is 1.83. The van der Waals surface area contributed by atoms with Gasteiger partial charge in [-0.2, -0.15) is 0 Å². The summed E-state index contributed by atoms with van der Waals surface area (Å²) >= 11 is 0. The van der Waals surface area contributed by atoms with Crippen LogP contribution in [0.4, 0.5) is 0 Å². The molecule has 0 aliphatic carbocycles. The van der Waals surface area contributed by atoms with Crippen molar-refractivity contribution in [1.82, 2.24) is 0 Å². The Morgan fingerprint density at radius 1 is 1.06 bits per heavy atom. The summed E-state index contributed by atoms with van der Waals surface area (Å²) in [6.07, 6.45) is 0. The molecule has 0 saturated carbocycles. The first-order valence-corrected chi connectivity index (χ1v) is 5.29. The summed E-state index contributed by atoms with van der Waals surface area (Å²) in [5, 5.41) is 18.0. The molecule has 2 N–H and O–H groups in total. The highest BCUT2D eigenvalue weighted by Gasteiger charge is 2.32. The van der Waals surface area contributed by atoms with Crippen molar-refractivity contribution in [3.8, 4) is 0 Å². The van der Waals surface area contributed by atoms with Crippen molar-refractivity contribution in [2.45, 2.75) is 26.7 Å². The number of carboxylic acids is 2. The summed E-state index contributed by atoms with van der Waals surface area (Å²) < 4.78 is 0. The Bertz CT molecular complexity index is 426. The van der Waals surface area contributed by atoms with E-state index in [0.717, 1.165) is 0 Å². The molecule has 0 heterocycles. The van der Waals surface area contributed by atoms with Gasteiger partial charge in [0.05, 0.1) is 11.5 Å². The Labute approximate surface area is 99.9 Å². The Hall–Kier alpha value is -1.84. The molecule has 0 radical (unpaired) electrons. The summed E-state index contributed by atoms with van der Waals surface area (Å²) in [6, 6.07) is 5.99. The first-order chi connectivity index (χ1) is 7.73. The third kappa shape index (κ3) is 3.06. The van der Waals surface area contributed by atoms with E-state index in [2.05, 4.69) is 0 Å². The van der Waals surface area contributed by atoms with Crippen LogP contribution in [0.2, 0.25) is 0 Å². The first kappa shape index (κ1) is 13.2. The van der Waals surface area contributed by atoms with Crippen LogP contribution in [0, 0.1) is 5.41 Å². The van der Waals surface area contributed by atoms with Crippen molar-refractivity contribution in [2.75, 3.05) is 0 Å². The molecule has 1 aromatic rings. The lowest BCUT2D eigenvalue weighted by atomic mass is 9.76. The minimum absolute atomic E-state index is 0.159. The zero-order chi connectivity index (χ0) is 13.2. The van der Waals surface area contributed by atoms with Crippen LogP contribution in [0.3, 0.4) is 0 Å². The maximum absolute atomic E-state index is 11.2. The molecule has 0 aromatic heterocycles. The van der Waals surface area contributed by atoms with Crippen molar-refractivity contribution < 1.29 is 19.8 Å². The summed E-state index contributed by atoms with van der Waals surface area (Å²) in [4.78, 5) is 21.9. The van der Waals surface area contributed by atoms with Crippen LogP contribution in [0.15, 0.2) is 24.3 Å². The molecular formula is C13H16O4. The maximum atomic E-state index is 11.2. The summed E-state index contributed by atoms with van der Waals surface area (Å²) in [6.45, 7) is 5.53. The van der Waals surface area contributed by atoms with E-state index in [9.17, 15) is 14.7 Å². The molecule has 1 rings (SSSR count). The van der Waals surface area contributed by atoms with Crippen molar-refractivity contribution in [1.29, 1.82) is 0 Å². The minimum Gasteiger partial charge on any atom is -0.481 e. The Morgan fingerprint density at radius 3 is 1.82 bits per heavy atom. The van der Waals surface area contributed by atoms with Crippen molar-refractivity contribution in [3.63, 3.8) is 0 Å². The lowest BCUT2D eigenvalue weighted by Crippen LogP contribution is -2.26. The number of aliphatic carboxylic acids is 1. The van der Waals surface area contributed by atoms with E-state index in [1.54, 1.807) is 12.1 Å². The number of aromatic carboxylic acids is 1. The Kier molecular flexibility index (Phi) is 3.56. The maximum Gasteiger partial charge on any atom is 0.335 e. The van der Waals surface area contributed by atoms with Gasteiger partial charge in [0, 0.05) is 0 Å². The second-order valence-corrected chi connectivity index (χ2v) is 5.06. The molecule has 1 aromatic carbocycles. The van der Waals surface area contributed by atoms with Gasteiger partial charge in [-0.25, -0.2) is 4.79 Å². The fraction of sp³-hybridized carbons (Fsp3) is 0.385. The van der Waals surface area contributed by atoms with Gasteiger partial charge >= 0.3 is 11.9 Å². The quantitative estimate of drug-likeness (QED) is 0.845. The van der Waals surface area contributed by atoms with Gasteiger partial charge in [0.2, 0.25) is 0 Å². The summed E-state index contributed by atoms with van der Waals surface area (Å²) in [7, 11) is 0. The van der Waals surface area contributed by atoms with Gasteiger partial charge in [0.15, 0.2) is 0 Å². The Morgan fingerprint density at radius 2 is 1.53 bits per heavy atom. The molecule has 1 atom stereocenters. The van der Waals surface area contributed by atoms with Crippen molar-refractivity contribution in [2.24, 2.45) is 5.41 Å². The topological polar surface area (TPSA) is 74.6 Å². The van der Waals surface area contributed by atoms with Gasteiger partial charge in [0.1, 0.15) is 0 Å². The summed E-state index contributed by atoms with van der Waals surface area (Å²) in [5.74, 6) is -2.56. The predicted octanol–water partition coefficient (Wildman–Crippen LogP) is 2.60. The van der Waals surface area contributed by atoms with Gasteiger partial charge in [-0.15, -0.1) is 0 Å². The first-order valence-electron chi connectivity index (χ1n) is 5.29. The number of hydrogen-bond donors (Lipinski definition) is 2. The van der Waals surface area contributed by atoms with Gasteiger partial charge in [-0.3, -0.25) is 4.79 Å². The molecule has 0 saturated heterocycles. The van der Waals surface area contributed by atoms with E-state index in [1.165, 1.54) is 12.1 Å². The van der Waals surface area contributed by atoms with Crippen LogP contribution in [0.25, 0.3) is 0 Å². The van der Waals surface area contributed by atoms with E-state index < -0.39 is 23.3 Å². The van der Waals surface area contributed by atoms with Gasteiger partial charge in [-0.05, 0) is 23.1 Å². The van der Waals surface area contributed by atoms with Crippen LogP contribution in [-0.4, -0.2) is 22.2 Å². The molecule has 0 aliphatic rings. The number of carboxylic acid groups (broad SMARTS) is 2. The monoisotopic (exact) mass is 236 g/mol. The minimum atomic E-state index is -1.01. The standard InChI is InChI=1S/C13H16O4/c1-13(2,3)10(12(16)17)8-4-6-9(7-5-8)11(14)15/h4-7,10H,1-3H3,(H,14,15)(H,16,17). The van der Waals surface area contributed by atoms with Crippen LogP contribution in [0.5, 0.6) is 0 Å². The largest absolute Gasteiger partial charge is 0.481 e. The van der Waals surface area contributed by atoms with Crippen LogP contribution >= 0.6 is 0 Å². The normalized spacial score (nSPS) is 13.1. The highest BCUT2D eigenvalue weighted by molar-refractivity contribution is 5.87. The smallest absolute Gasteiger partial charge is 0.335 e. The average molecular weight is 236 g/mol. The highest BCUT2D eigenvalue weighted by atomic mass is 16.4. The van der Waals surface area contributed by atoms with E-state index in [4.69, 9.17) is 5.11 Å². The van der Waals surface area contributed by atoms with Crippen LogP contribution in [-0.2, 0) is 4.79 Å². The zero-order valence-electron chi connectivity index (χ0n) is 10.1. The number of rotatable bonds is 3. The average Bonchev–Trinajstić information content (AvgIpc) is 2.15. The van der Waals surface area contributed by atoms with Crippen LogP contribution in [0.1, 0.15) is 42.6 Å². The van der Waals surface area contributed by atoms with Gasteiger partial charge < -0.3 is 10.2 Å². The predicted molar refractivity (Wildman–Crippen MR) is 63.2 cm³/mol. The molecule has 4 heteroatoms. The molecule has 0 aliphatic heterocycles. The third-order valence-corrected chi connectivity index (χ3v) is 2.60. The molecule has 4 nitrogen and oxygen atoms in total. The van der Waals surface area contributed by atoms with Crippen molar-refractivity contribution in [3.05, 3.63) is 35.4 Å².